The number of hydrogen-bond donors (Lipinski definition) is 1. The van der Waals surface area contributed by atoms with Crippen molar-refractivity contribution in [3.8, 4) is 0 Å². The van der Waals surface area contributed by atoms with E-state index in [1.165, 1.54) is 5.56 Å². The number of nitrogens with two attached hydrogens (primary N) is 1. The molecule has 0 aliphatic heterocycles. The predicted octanol–water partition coefficient (Wildman–Crippen LogP) is 1.52. The number of ether oxygens (including phenoxy) is 1. The van der Waals surface area contributed by atoms with E-state index in [0.717, 1.165) is 19.6 Å². The molecule has 3 nitrogen and oxygen atoms in total. The molecule has 96 valence electrons. The van der Waals surface area contributed by atoms with Crippen LogP contribution in [-0.2, 0) is 11.2 Å². The van der Waals surface area contributed by atoms with Crippen LogP contribution in [-0.4, -0.2) is 44.3 Å². The smallest absolute Gasteiger partial charge is 0.0589 e. The quantitative estimate of drug-likeness (QED) is 0.780. The van der Waals surface area contributed by atoms with E-state index in [-0.39, 0.29) is 5.54 Å². The summed E-state index contributed by atoms with van der Waals surface area (Å²) in [4.78, 5) is 2.28. The van der Waals surface area contributed by atoms with Crippen molar-refractivity contribution >= 4 is 0 Å². The van der Waals surface area contributed by atoms with Crippen LogP contribution >= 0.6 is 0 Å². The van der Waals surface area contributed by atoms with Gasteiger partial charge in [0.2, 0.25) is 0 Å². The molecule has 0 radical (unpaired) electrons. The molecule has 17 heavy (non-hydrogen) atoms. The van der Waals surface area contributed by atoms with Crippen LogP contribution in [0.1, 0.15) is 12.5 Å². The lowest BCUT2D eigenvalue weighted by Gasteiger charge is -2.38. The van der Waals surface area contributed by atoms with E-state index in [1.54, 1.807) is 7.11 Å². The first kappa shape index (κ1) is 14.2. The monoisotopic (exact) mass is 236 g/mol. The first-order chi connectivity index (χ1) is 8.12. The van der Waals surface area contributed by atoms with Gasteiger partial charge in [0.05, 0.1) is 6.61 Å². The largest absolute Gasteiger partial charge is 0.383 e. The maximum Gasteiger partial charge on any atom is 0.0589 e. The maximum absolute atomic E-state index is 5.95. The molecule has 1 atom stereocenters. The van der Waals surface area contributed by atoms with Crippen molar-refractivity contribution in [3.63, 3.8) is 0 Å². The van der Waals surface area contributed by atoms with E-state index in [9.17, 15) is 0 Å². The Labute approximate surface area is 105 Å². The van der Waals surface area contributed by atoms with Crippen molar-refractivity contribution in [1.29, 1.82) is 0 Å². The SMILES string of the molecule is COCCN(C)C(C)(CN)Cc1ccccc1. The zero-order valence-corrected chi connectivity index (χ0v) is 11.1. The van der Waals surface area contributed by atoms with Gasteiger partial charge in [-0.15, -0.1) is 0 Å². The van der Waals surface area contributed by atoms with Crippen LogP contribution in [0.25, 0.3) is 0 Å². The molecule has 1 rings (SSSR count). The van der Waals surface area contributed by atoms with Crippen LogP contribution in [0.2, 0.25) is 0 Å². The number of rotatable bonds is 7. The molecule has 2 N–H and O–H groups in total. The van der Waals surface area contributed by atoms with Crippen LogP contribution in [0.5, 0.6) is 0 Å². The van der Waals surface area contributed by atoms with E-state index in [1.807, 2.05) is 6.07 Å². The highest BCUT2D eigenvalue weighted by Crippen LogP contribution is 2.18. The van der Waals surface area contributed by atoms with Gasteiger partial charge in [0.15, 0.2) is 0 Å². The summed E-state index contributed by atoms with van der Waals surface area (Å²) in [7, 11) is 3.83. The van der Waals surface area contributed by atoms with Gasteiger partial charge in [-0.2, -0.15) is 0 Å². The molecule has 0 aromatic heterocycles. The molecule has 0 aliphatic carbocycles. The number of likely N-dealkylation sites (N-methyl/N-ethyl adjacent to an activating group) is 1. The van der Waals surface area contributed by atoms with Gasteiger partial charge in [0.25, 0.3) is 0 Å². The van der Waals surface area contributed by atoms with E-state index >= 15 is 0 Å². The van der Waals surface area contributed by atoms with E-state index in [0.29, 0.717) is 6.54 Å². The Balaban J connectivity index is 2.67. The van der Waals surface area contributed by atoms with Crippen LogP contribution in [0, 0.1) is 0 Å². The number of methoxy groups -OCH3 is 1. The van der Waals surface area contributed by atoms with Crippen molar-refractivity contribution in [3.05, 3.63) is 35.9 Å². The van der Waals surface area contributed by atoms with Crippen LogP contribution in [0.4, 0.5) is 0 Å². The molecule has 0 aliphatic rings. The fraction of sp³-hybridized carbons (Fsp3) is 0.571. The molecule has 1 aromatic carbocycles. The highest BCUT2D eigenvalue weighted by Gasteiger charge is 2.27. The Morgan fingerprint density at radius 2 is 1.94 bits per heavy atom. The Kier molecular flexibility index (Phi) is 5.62. The zero-order chi connectivity index (χ0) is 12.7. The first-order valence-corrected chi connectivity index (χ1v) is 6.06. The minimum Gasteiger partial charge on any atom is -0.383 e. The van der Waals surface area contributed by atoms with Gasteiger partial charge >= 0.3 is 0 Å². The molecular weight excluding hydrogens is 212 g/mol. The van der Waals surface area contributed by atoms with Gasteiger partial charge < -0.3 is 10.5 Å². The average molecular weight is 236 g/mol. The lowest BCUT2D eigenvalue weighted by molar-refractivity contribution is 0.0942. The minimum atomic E-state index is -0.0140. The van der Waals surface area contributed by atoms with Crippen LogP contribution in [0.15, 0.2) is 30.3 Å². The summed E-state index contributed by atoms with van der Waals surface area (Å²) in [6.07, 6.45) is 0.963. The molecule has 3 heteroatoms. The standard InChI is InChI=1S/C14H24N2O/c1-14(12-15,16(2)9-10-17-3)11-13-7-5-4-6-8-13/h4-8H,9-12,15H2,1-3H3. The van der Waals surface area contributed by atoms with Gasteiger partial charge in [0.1, 0.15) is 0 Å². The molecule has 1 unspecified atom stereocenters. The van der Waals surface area contributed by atoms with Crippen molar-refractivity contribution < 1.29 is 4.74 Å². The number of benzene rings is 1. The van der Waals surface area contributed by atoms with Gasteiger partial charge in [-0.1, -0.05) is 30.3 Å². The third-order valence-electron chi connectivity index (χ3n) is 3.42. The predicted molar refractivity (Wildman–Crippen MR) is 72.1 cm³/mol. The Morgan fingerprint density at radius 1 is 1.29 bits per heavy atom. The van der Waals surface area contributed by atoms with Crippen molar-refractivity contribution in [2.24, 2.45) is 5.73 Å². The highest BCUT2D eigenvalue weighted by atomic mass is 16.5. The van der Waals surface area contributed by atoms with Crippen molar-refractivity contribution in [2.45, 2.75) is 18.9 Å². The molecule has 0 fully saturated rings. The Morgan fingerprint density at radius 3 is 2.47 bits per heavy atom. The fourth-order valence-corrected chi connectivity index (χ4v) is 1.90. The summed E-state index contributed by atoms with van der Waals surface area (Å²) in [6.45, 7) is 4.48. The summed E-state index contributed by atoms with van der Waals surface area (Å²) in [5.74, 6) is 0. The zero-order valence-electron chi connectivity index (χ0n) is 11.1. The summed E-state index contributed by atoms with van der Waals surface area (Å²) < 4.78 is 5.12. The molecular formula is C14H24N2O. The van der Waals surface area contributed by atoms with Gasteiger partial charge in [-0.3, -0.25) is 4.90 Å². The summed E-state index contributed by atoms with van der Waals surface area (Å²) in [6, 6.07) is 10.5. The number of nitrogens with zero attached hydrogens (tertiary/aromatic N) is 1. The minimum absolute atomic E-state index is 0.0140. The first-order valence-electron chi connectivity index (χ1n) is 6.06. The second kappa shape index (κ2) is 6.74. The lowest BCUT2D eigenvalue weighted by Crippen LogP contribution is -2.52. The van der Waals surface area contributed by atoms with E-state index in [4.69, 9.17) is 10.5 Å². The summed E-state index contributed by atoms with van der Waals surface area (Å²) in [5.41, 5.74) is 7.25. The molecule has 0 amide bonds. The molecule has 0 saturated carbocycles. The van der Waals surface area contributed by atoms with Gasteiger partial charge in [-0.05, 0) is 26.0 Å². The molecule has 0 bridgehead atoms. The average Bonchev–Trinajstić information content (AvgIpc) is 2.36. The molecule has 0 heterocycles. The number of hydrogen-bond acceptors (Lipinski definition) is 3. The maximum atomic E-state index is 5.95. The fourth-order valence-electron chi connectivity index (χ4n) is 1.90. The van der Waals surface area contributed by atoms with Gasteiger partial charge in [0, 0.05) is 25.7 Å². The normalized spacial score (nSPS) is 14.9. The van der Waals surface area contributed by atoms with E-state index < -0.39 is 0 Å². The van der Waals surface area contributed by atoms with Crippen molar-refractivity contribution in [2.75, 3.05) is 33.9 Å². The lowest BCUT2D eigenvalue weighted by atomic mass is 9.91. The van der Waals surface area contributed by atoms with Gasteiger partial charge in [-0.25, -0.2) is 0 Å². The summed E-state index contributed by atoms with van der Waals surface area (Å²) >= 11 is 0. The third-order valence-corrected chi connectivity index (χ3v) is 3.42. The Hall–Kier alpha value is -0.900. The topological polar surface area (TPSA) is 38.5 Å². The highest BCUT2D eigenvalue weighted by molar-refractivity contribution is 5.17. The van der Waals surface area contributed by atoms with E-state index in [2.05, 4.69) is 43.1 Å². The second-order valence-electron chi connectivity index (χ2n) is 4.78. The molecule has 0 saturated heterocycles. The Bertz CT molecular complexity index is 315. The van der Waals surface area contributed by atoms with Crippen LogP contribution in [0.3, 0.4) is 0 Å². The molecule has 1 aromatic rings. The second-order valence-corrected chi connectivity index (χ2v) is 4.78. The third kappa shape index (κ3) is 4.11. The van der Waals surface area contributed by atoms with Crippen molar-refractivity contribution in [1.82, 2.24) is 4.90 Å². The molecule has 0 spiro atoms. The summed E-state index contributed by atoms with van der Waals surface area (Å²) in [5, 5.41) is 0. The van der Waals surface area contributed by atoms with Crippen LogP contribution < -0.4 is 5.73 Å².